The van der Waals surface area contributed by atoms with E-state index in [1.54, 1.807) is 12.1 Å². The molecule has 0 heterocycles. The molecule has 0 N–H and O–H groups in total. The molecule has 2 aliphatic carbocycles. The van der Waals surface area contributed by atoms with E-state index in [-0.39, 0.29) is 78.7 Å². The van der Waals surface area contributed by atoms with Crippen LogP contribution in [0, 0.1) is 46.6 Å². The third-order valence-corrected chi connectivity index (χ3v) is 9.32. The van der Waals surface area contributed by atoms with Crippen LogP contribution in [0.5, 0.6) is 5.75 Å². The van der Waals surface area contributed by atoms with Gasteiger partial charge in [0.1, 0.15) is 5.82 Å². The fourth-order valence-corrected chi connectivity index (χ4v) is 7.00. The summed E-state index contributed by atoms with van der Waals surface area (Å²) in [4.78, 5) is 0. The van der Waals surface area contributed by atoms with E-state index in [1.807, 2.05) is 6.92 Å². The maximum atomic E-state index is 15.8. The van der Waals surface area contributed by atoms with Crippen molar-refractivity contribution in [1.82, 2.24) is 0 Å². The summed E-state index contributed by atoms with van der Waals surface area (Å²) in [6, 6.07) is 4.80. The van der Waals surface area contributed by atoms with Crippen LogP contribution in [0.4, 0.5) is 43.9 Å². The molecule has 244 valence electrons. The second kappa shape index (κ2) is 13.2. The van der Waals surface area contributed by atoms with Gasteiger partial charge in [-0.05, 0) is 116 Å². The molecule has 0 bridgehead atoms. The van der Waals surface area contributed by atoms with Crippen molar-refractivity contribution in [1.29, 1.82) is 0 Å². The minimum absolute atomic E-state index is 0.0534. The Hall–Kier alpha value is -3.24. The van der Waals surface area contributed by atoms with E-state index in [1.165, 1.54) is 0 Å². The van der Waals surface area contributed by atoms with Crippen LogP contribution in [0.2, 0.25) is 0 Å². The number of ether oxygens (including phenoxy) is 1. The van der Waals surface area contributed by atoms with E-state index >= 15 is 13.2 Å². The minimum atomic E-state index is -5.20. The second-order valence-corrected chi connectivity index (χ2v) is 12.1. The van der Waals surface area contributed by atoms with Crippen LogP contribution in [0.25, 0.3) is 0 Å². The molecule has 1 atom stereocenters. The molecule has 1 unspecified atom stereocenters. The zero-order chi connectivity index (χ0) is 32.6. The number of rotatable bonds is 8. The van der Waals surface area contributed by atoms with Crippen molar-refractivity contribution < 1.29 is 48.6 Å². The third-order valence-electron chi connectivity index (χ3n) is 9.32. The van der Waals surface area contributed by atoms with Gasteiger partial charge in [-0.1, -0.05) is 31.5 Å². The lowest BCUT2D eigenvalue weighted by Gasteiger charge is -2.32. The molecule has 0 radical (unpaired) electrons. The maximum absolute atomic E-state index is 15.8. The first-order valence-electron chi connectivity index (χ1n) is 15.2. The molecule has 11 heteroatoms. The Bertz CT molecular complexity index is 1560. The minimum Gasteiger partial charge on any atom is -0.403 e. The molecule has 1 fully saturated rings. The summed E-state index contributed by atoms with van der Waals surface area (Å²) in [5.74, 6) is -11.1. The number of halogens is 10. The molecular weight excluding hydrogens is 614 g/mol. The second-order valence-electron chi connectivity index (χ2n) is 12.1. The molecule has 2 aliphatic rings. The van der Waals surface area contributed by atoms with E-state index in [0.29, 0.717) is 37.3 Å². The molecule has 1 nitrogen and oxygen atoms in total. The molecule has 45 heavy (non-hydrogen) atoms. The number of hydrogen-bond acceptors (Lipinski definition) is 1. The Morgan fingerprint density at radius 3 is 1.89 bits per heavy atom. The quantitative estimate of drug-likeness (QED) is 0.175. The monoisotopic (exact) mass is 646 g/mol. The Morgan fingerprint density at radius 1 is 0.644 bits per heavy atom. The fourth-order valence-electron chi connectivity index (χ4n) is 7.00. The highest BCUT2D eigenvalue weighted by molar-refractivity contribution is 5.41. The van der Waals surface area contributed by atoms with E-state index in [4.69, 9.17) is 0 Å². The lowest BCUT2D eigenvalue weighted by molar-refractivity contribution is -0.275. The van der Waals surface area contributed by atoms with Crippen LogP contribution in [0.1, 0.15) is 97.1 Å². The summed E-state index contributed by atoms with van der Waals surface area (Å²) in [5.41, 5.74) is 0.00338. The predicted octanol–water partition coefficient (Wildman–Crippen LogP) is 10.7. The van der Waals surface area contributed by atoms with Crippen molar-refractivity contribution in [3.63, 3.8) is 0 Å². The summed E-state index contributed by atoms with van der Waals surface area (Å²) < 4.78 is 145. The number of aryl methyl sites for hydroxylation is 2. The number of alkyl halides is 3. The smallest absolute Gasteiger partial charge is 0.403 e. The molecule has 1 saturated carbocycles. The Morgan fingerprint density at radius 2 is 1.27 bits per heavy atom. The van der Waals surface area contributed by atoms with E-state index in [9.17, 15) is 30.7 Å². The molecular formula is C34H32F10O. The van der Waals surface area contributed by atoms with Crippen LogP contribution in [0.3, 0.4) is 0 Å². The van der Waals surface area contributed by atoms with Crippen LogP contribution in [-0.4, -0.2) is 6.36 Å². The standard InChI is InChI=1S/C34H32F10O/c1-2-3-20-11-12-21(28(36)27(20)35)6-4-17-5-13-23-24(16-17)31(39)33(41)26(29(23)37)19-9-7-18(8-10-19)22-14-15-25(32(40)30(22)38)45-34(42,43)44/h11-12,14-15,17-19H,2-10,13,16H2,1H3. The van der Waals surface area contributed by atoms with E-state index in [2.05, 4.69) is 4.74 Å². The van der Waals surface area contributed by atoms with E-state index < -0.39 is 64.7 Å². The molecule has 0 saturated heterocycles. The molecule has 0 aliphatic heterocycles. The third kappa shape index (κ3) is 6.82. The van der Waals surface area contributed by atoms with Crippen molar-refractivity contribution in [2.75, 3.05) is 0 Å². The predicted molar refractivity (Wildman–Crippen MR) is 147 cm³/mol. The first-order valence-corrected chi connectivity index (χ1v) is 15.2. The summed E-state index contributed by atoms with van der Waals surface area (Å²) in [6.45, 7) is 1.86. The van der Waals surface area contributed by atoms with Crippen molar-refractivity contribution in [3.05, 3.63) is 98.4 Å². The van der Waals surface area contributed by atoms with Gasteiger partial charge in [-0.2, -0.15) is 4.39 Å². The number of hydrogen-bond donors (Lipinski definition) is 0. The molecule has 0 spiro atoms. The Balaban J connectivity index is 1.27. The van der Waals surface area contributed by atoms with Crippen molar-refractivity contribution in [2.24, 2.45) is 5.92 Å². The average Bonchev–Trinajstić information content (AvgIpc) is 3.00. The van der Waals surface area contributed by atoms with Crippen LogP contribution in [-0.2, 0) is 25.7 Å². The van der Waals surface area contributed by atoms with Gasteiger partial charge in [0.15, 0.2) is 34.8 Å². The number of benzene rings is 3. The van der Waals surface area contributed by atoms with Crippen LogP contribution >= 0.6 is 0 Å². The van der Waals surface area contributed by atoms with Crippen LogP contribution in [0.15, 0.2) is 24.3 Å². The summed E-state index contributed by atoms with van der Waals surface area (Å²) >= 11 is 0. The van der Waals surface area contributed by atoms with Gasteiger partial charge in [-0.25, -0.2) is 26.3 Å². The highest BCUT2D eigenvalue weighted by Gasteiger charge is 2.37. The zero-order valence-electron chi connectivity index (χ0n) is 24.5. The maximum Gasteiger partial charge on any atom is 0.573 e. The van der Waals surface area contributed by atoms with Gasteiger partial charge in [0, 0.05) is 5.56 Å². The van der Waals surface area contributed by atoms with Gasteiger partial charge >= 0.3 is 6.36 Å². The van der Waals surface area contributed by atoms with Gasteiger partial charge in [0.25, 0.3) is 0 Å². The van der Waals surface area contributed by atoms with Gasteiger partial charge in [-0.15, -0.1) is 13.2 Å². The van der Waals surface area contributed by atoms with Gasteiger partial charge < -0.3 is 4.74 Å². The first kappa shape index (κ1) is 33.1. The van der Waals surface area contributed by atoms with Crippen molar-refractivity contribution in [3.8, 4) is 5.75 Å². The van der Waals surface area contributed by atoms with E-state index in [0.717, 1.165) is 6.07 Å². The summed E-state index contributed by atoms with van der Waals surface area (Å²) in [5, 5.41) is 0. The zero-order valence-corrected chi connectivity index (χ0v) is 24.5. The topological polar surface area (TPSA) is 9.23 Å². The van der Waals surface area contributed by atoms with Crippen molar-refractivity contribution >= 4 is 0 Å². The lowest BCUT2D eigenvalue weighted by Crippen LogP contribution is -2.23. The molecule has 3 aromatic rings. The fraction of sp³-hybridized carbons (Fsp3) is 0.471. The van der Waals surface area contributed by atoms with Gasteiger partial charge in [-0.3, -0.25) is 0 Å². The normalized spacial score (nSPS) is 20.3. The lowest BCUT2D eigenvalue weighted by atomic mass is 9.73. The van der Waals surface area contributed by atoms with Crippen molar-refractivity contribution in [2.45, 2.75) is 95.8 Å². The summed E-state index contributed by atoms with van der Waals surface area (Å²) in [7, 11) is 0. The summed E-state index contributed by atoms with van der Waals surface area (Å²) in [6.07, 6.45) is -2.32. The molecule has 5 rings (SSSR count). The molecule has 0 aromatic heterocycles. The highest BCUT2D eigenvalue weighted by Crippen LogP contribution is 2.46. The average molecular weight is 647 g/mol. The van der Waals surface area contributed by atoms with Gasteiger partial charge in [0.2, 0.25) is 5.82 Å². The number of fused-ring (bicyclic) bond motifs is 1. The molecule has 0 amide bonds. The molecule has 3 aromatic carbocycles. The first-order chi connectivity index (χ1) is 21.3. The highest BCUT2D eigenvalue weighted by atomic mass is 19.4. The van der Waals surface area contributed by atoms with Crippen LogP contribution < -0.4 is 4.74 Å². The largest absolute Gasteiger partial charge is 0.573 e. The SMILES string of the molecule is CCCc1ccc(CCC2CCc3c(F)c(C4CCC(c5ccc(OC(F)(F)F)c(F)c5F)CC4)c(F)c(F)c3C2)c(F)c1F. The van der Waals surface area contributed by atoms with Gasteiger partial charge in [0.05, 0.1) is 0 Å². The Labute approximate surface area is 254 Å². The Kier molecular flexibility index (Phi) is 9.75.